The number of nitrogens with one attached hydrogen (secondary N) is 1. The highest BCUT2D eigenvalue weighted by Crippen LogP contribution is 2.49. The maximum Gasteiger partial charge on any atom is 0.237 e. The van der Waals surface area contributed by atoms with Crippen LogP contribution in [0.3, 0.4) is 0 Å². The third kappa shape index (κ3) is 3.10. The van der Waals surface area contributed by atoms with Gasteiger partial charge in [0.1, 0.15) is 5.75 Å². The summed E-state index contributed by atoms with van der Waals surface area (Å²) in [6, 6.07) is 6.60. The zero-order valence-electron chi connectivity index (χ0n) is 15.6. The minimum Gasteiger partial charge on any atom is -0.496 e. The van der Waals surface area contributed by atoms with Crippen LogP contribution in [-0.2, 0) is 5.41 Å². The van der Waals surface area contributed by atoms with Crippen LogP contribution in [-0.4, -0.2) is 48.8 Å². The molecule has 0 spiro atoms. The van der Waals surface area contributed by atoms with Gasteiger partial charge in [-0.25, -0.2) is 0 Å². The summed E-state index contributed by atoms with van der Waals surface area (Å²) in [5.74, 6) is 2.45. The Morgan fingerprint density at radius 3 is 2.81 bits per heavy atom. The lowest BCUT2D eigenvalue weighted by Gasteiger charge is -2.39. The molecular weight excluding hydrogens is 352 g/mol. The number of aryl methyl sites for hydroxylation is 1. The predicted molar refractivity (Wildman–Crippen MR) is 102 cm³/mol. The fourth-order valence-electron chi connectivity index (χ4n) is 3.93. The van der Waals surface area contributed by atoms with Crippen LogP contribution in [0, 0.1) is 6.92 Å². The van der Waals surface area contributed by atoms with Gasteiger partial charge in [0, 0.05) is 19.6 Å². The molecule has 1 aromatic carbocycles. The normalized spacial score (nSPS) is 22.3. The van der Waals surface area contributed by atoms with E-state index < -0.39 is 0 Å². The van der Waals surface area contributed by atoms with Crippen molar-refractivity contribution in [1.82, 2.24) is 20.4 Å². The third-order valence-electron chi connectivity index (χ3n) is 5.83. The molecule has 1 aromatic heterocycles. The molecule has 1 aliphatic carbocycles. The molecule has 142 valence electrons. The van der Waals surface area contributed by atoms with Crippen LogP contribution >= 0.6 is 12.4 Å². The highest BCUT2D eigenvalue weighted by Gasteiger charge is 2.46. The van der Waals surface area contributed by atoms with Gasteiger partial charge < -0.3 is 14.6 Å². The van der Waals surface area contributed by atoms with Gasteiger partial charge >= 0.3 is 0 Å². The Morgan fingerprint density at radius 2 is 2.15 bits per heavy atom. The van der Waals surface area contributed by atoms with Crippen molar-refractivity contribution in [2.24, 2.45) is 0 Å². The van der Waals surface area contributed by atoms with Gasteiger partial charge in [-0.1, -0.05) is 23.7 Å². The SMILES string of the molecule is COc1cc(C2(c3nc(C4CNCCN4C)no3)CCC2)ccc1C.Cl. The van der Waals surface area contributed by atoms with Crippen LogP contribution < -0.4 is 10.1 Å². The molecule has 1 aliphatic heterocycles. The number of rotatable bonds is 4. The number of hydrogen-bond acceptors (Lipinski definition) is 6. The van der Waals surface area contributed by atoms with E-state index >= 15 is 0 Å². The smallest absolute Gasteiger partial charge is 0.237 e. The van der Waals surface area contributed by atoms with Gasteiger partial charge in [-0.2, -0.15) is 4.98 Å². The van der Waals surface area contributed by atoms with E-state index in [0.29, 0.717) is 0 Å². The molecule has 2 aliphatic rings. The molecule has 1 atom stereocenters. The maximum absolute atomic E-state index is 5.78. The summed E-state index contributed by atoms with van der Waals surface area (Å²) < 4.78 is 11.3. The van der Waals surface area contributed by atoms with Gasteiger partial charge in [0.05, 0.1) is 18.6 Å². The van der Waals surface area contributed by atoms with Gasteiger partial charge in [-0.3, -0.25) is 4.90 Å². The van der Waals surface area contributed by atoms with Crippen LogP contribution in [0.2, 0.25) is 0 Å². The van der Waals surface area contributed by atoms with Crippen molar-refractivity contribution in [1.29, 1.82) is 0 Å². The number of piperazine rings is 1. The van der Waals surface area contributed by atoms with Crippen LogP contribution in [0.5, 0.6) is 5.75 Å². The van der Waals surface area contributed by atoms with E-state index in [1.165, 1.54) is 12.0 Å². The number of hydrogen-bond donors (Lipinski definition) is 1. The quantitative estimate of drug-likeness (QED) is 0.882. The second kappa shape index (κ2) is 7.55. The molecule has 7 heteroatoms. The molecule has 0 radical (unpaired) electrons. The average Bonchev–Trinajstić information content (AvgIpc) is 3.05. The maximum atomic E-state index is 5.78. The Kier molecular flexibility index (Phi) is 5.55. The van der Waals surface area contributed by atoms with Crippen molar-refractivity contribution in [3.8, 4) is 5.75 Å². The van der Waals surface area contributed by atoms with Crippen LogP contribution in [0.15, 0.2) is 22.7 Å². The summed E-state index contributed by atoms with van der Waals surface area (Å²) in [5.41, 5.74) is 2.20. The zero-order chi connectivity index (χ0) is 17.4. The lowest BCUT2D eigenvalue weighted by Crippen LogP contribution is -2.44. The molecule has 1 unspecified atom stereocenters. The fourth-order valence-corrected chi connectivity index (χ4v) is 3.93. The Morgan fingerprint density at radius 1 is 1.35 bits per heavy atom. The lowest BCUT2D eigenvalue weighted by atomic mass is 9.64. The molecule has 2 heterocycles. The molecular formula is C19H27ClN4O2. The molecule has 4 rings (SSSR count). The number of nitrogens with zero attached hydrogens (tertiary/aromatic N) is 3. The van der Waals surface area contributed by atoms with Gasteiger partial charge in [0.2, 0.25) is 5.89 Å². The molecule has 1 saturated carbocycles. The molecule has 1 N–H and O–H groups in total. The minimum absolute atomic E-state index is 0. The van der Waals surface area contributed by atoms with E-state index in [-0.39, 0.29) is 23.9 Å². The Hall–Kier alpha value is -1.63. The van der Waals surface area contributed by atoms with Gasteiger partial charge in [0.15, 0.2) is 5.82 Å². The molecule has 1 saturated heterocycles. The average molecular weight is 379 g/mol. The van der Waals surface area contributed by atoms with E-state index in [0.717, 1.165) is 55.5 Å². The summed E-state index contributed by atoms with van der Waals surface area (Å²) in [6.07, 6.45) is 3.26. The lowest BCUT2D eigenvalue weighted by molar-refractivity contribution is 0.188. The standard InChI is InChI=1S/C19H26N4O2.ClH/c1-13-5-6-14(11-16(13)24-3)19(7-4-8-19)18-21-17(22-25-18)15-12-20-9-10-23(15)2;/h5-6,11,15,20H,4,7-10,12H2,1-3H3;1H. The summed E-state index contributed by atoms with van der Waals surface area (Å²) in [6.45, 7) is 4.92. The number of ether oxygens (including phenoxy) is 1. The van der Waals surface area contributed by atoms with Crippen molar-refractivity contribution in [2.75, 3.05) is 33.8 Å². The van der Waals surface area contributed by atoms with Crippen LogP contribution in [0.1, 0.15) is 48.1 Å². The monoisotopic (exact) mass is 378 g/mol. The molecule has 2 aromatic rings. The first-order valence-corrected chi connectivity index (χ1v) is 9.04. The van der Waals surface area contributed by atoms with Crippen LogP contribution in [0.4, 0.5) is 0 Å². The predicted octanol–water partition coefficient (Wildman–Crippen LogP) is 2.85. The highest BCUT2D eigenvalue weighted by molar-refractivity contribution is 5.85. The molecule has 26 heavy (non-hydrogen) atoms. The first kappa shape index (κ1) is 19.1. The summed E-state index contributed by atoms with van der Waals surface area (Å²) in [5, 5.41) is 7.74. The fraction of sp³-hybridized carbons (Fsp3) is 0.579. The third-order valence-corrected chi connectivity index (χ3v) is 5.83. The summed E-state index contributed by atoms with van der Waals surface area (Å²) >= 11 is 0. The van der Waals surface area contributed by atoms with Gasteiger partial charge in [-0.05, 0) is 44.0 Å². The second-order valence-electron chi connectivity index (χ2n) is 7.28. The second-order valence-corrected chi connectivity index (χ2v) is 7.28. The Bertz CT molecular complexity index is 760. The van der Waals surface area contributed by atoms with Crippen LogP contribution in [0.25, 0.3) is 0 Å². The van der Waals surface area contributed by atoms with E-state index in [1.54, 1.807) is 7.11 Å². The zero-order valence-corrected chi connectivity index (χ0v) is 16.4. The molecule has 2 fully saturated rings. The largest absolute Gasteiger partial charge is 0.496 e. The Labute approximate surface area is 160 Å². The van der Waals surface area contributed by atoms with Gasteiger partial charge in [0.25, 0.3) is 0 Å². The van der Waals surface area contributed by atoms with Crippen molar-refractivity contribution in [3.63, 3.8) is 0 Å². The topological polar surface area (TPSA) is 63.4 Å². The number of halogens is 1. The first-order chi connectivity index (χ1) is 12.1. The first-order valence-electron chi connectivity index (χ1n) is 9.04. The molecule has 6 nitrogen and oxygen atoms in total. The highest BCUT2D eigenvalue weighted by atomic mass is 35.5. The van der Waals surface area contributed by atoms with Crippen molar-refractivity contribution in [2.45, 2.75) is 37.6 Å². The van der Waals surface area contributed by atoms with E-state index in [1.807, 2.05) is 0 Å². The van der Waals surface area contributed by atoms with Crippen molar-refractivity contribution in [3.05, 3.63) is 41.0 Å². The summed E-state index contributed by atoms with van der Waals surface area (Å²) in [7, 11) is 3.84. The van der Waals surface area contributed by atoms with E-state index in [2.05, 4.69) is 47.5 Å². The van der Waals surface area contributed by atoms with E-state index in [4.69, 9.17) is 14.2 Å². The summed E-state index contributed by atoms with van der Waals surface area (Å²) in [4.78, 5) is 7.12. The number of methoxy groups -OCH3 is 1. The minimum atomic E-state index is -0.160. The van der Waals surface area contributed by atoms with Gasteiger partial charge in [-0.15, -0.1) is 12.4 Å². The molecule has 0 bridgehead atoms. The van der Waals surface area contributed by atoms with Crippen molar-refractivity contribution >= 4 is 12.4 Å². The number of likely N-dealkylation sites (N-methyl/N-ethyl adjacent to an activating group) is 1. The number of aromatic nitrogens is 2. The molecule has 0 amide bonds. The van der Waals surface area contributed by atoms with Crippen molar-refractivity contribution < 1.29 is 9.26 Å². The Balaban J connectivity index is 0.00000196. The van der Waals surface area contributed by atoms with E-state index in [9.17, 15) is 0 Å². The number of benzene rings is 1.